The summed E-state index contributed by atoms with van der Waals surface area (Å²) in [5.74, 6) is 0.955. The number of amides is 1. The summed E-state index contributed by atoms with van der Waals surface area (Å²) in [6.45, 7) is 5.29. The van der Waals surface area contributed by atoms with Crippen molar-refractivity contribution in [1.29, 1.82) is 0 Å². The van der Waals surface area contributed by atoms with Crippen LogP contribution in [-0.2, 0) is 21.2 Å². The van der Waals surface area contributed by atoms with Gasteiger partial charge in [-0.3, -0.25) is 9.52 Å². The monoisotopic (exact) mass is 416 g/mol. The fourth-order valence-corrected chi connectivity index (χ4v) is 4.67. The summed E-state index contributed by atoms with van der Waals surface area (Å²) in [6, 6.07) is 9.89. The molecule has 4 rings (SSSR count). The standard InChI is InChI=1S/C21H24N2O5S/c1-14(2)21(24)23-9-3-4-15-12-16(5-7-18(15)23)22-29(25,26)17-6-8-19-20(13-17)28-11-10-27-19/h5-8,12-14,22H,3-4,9-11H2,1-2H3. The largest absolute Gasteiger partial charge is 0.486 e. The first-order chi connectivity index (χ1) is 13.8. The van der Waals surface area contributed by atoms with Gasteiger partial charge in [0.05, 0.1) is 4.90 Å². The van der Waals surface area contributed by atoms with Gasteiger partial charge < -0.3 is 14.4 Å². The molecule has 1 amide bonds. The summed E-state index contributed by atoms with van der Waals surface area (Å²) in [4.78, 5) is 14.4. The maximum atomic E-state index is 12.8. The number of anilines is 2. The topological polar surface area (TPSA) is 84.9 Å². The zero-order chi connectivity index (χ0) is 20.6. The van der Waals surface area contributed by atoms with E-state index in [2.05, 4.69) is 4.72 Å². The minimum absolute atomic E-state index is 0.0792. The number of carbonyl (C=O) groups excluding carboxylic acids is 1. The van der Waals surface area contributed by atoms with Crippen molar-refractivity contribution in [2.45, 2.75) is 31.6 Å². The highest BCUT2D eigenvalue weighted by Gasteiger charge is 2.25. The van der Waals surface area contributed by atoms with E-state index in [0.717, 1.165) is 24.1 Å². The number of hydrogen-bond acceptors (Lipinski definition) is 5. The molecular weight excluding hydrogens is 392 g/mol. The molecule has 0 spiro atoms. The molecule has 2 aliphatic rings. The SMILES string of the molecule is CC(C)C(=O)N1CCCc2cc(NS(=O)(=O)c3ccc4c(c3)OCCO4)ccc21. The molecule has 0 bridgehead atoms. The fourth-order valence-electron chi connectivity index (χ4n) is 3.61. The quantitative estimate of drug-likeness (QED) is 0.827. The third kappa shape index (κ3) is 3.89. The molecule has 0 saturated carbocycles. The predicted molar refractivity (Wildman–Crippen MR) is 110 cm³/mol. The van der Waals surface area contributed by atoms with Gasteiger partial charge >= 0.3 is 0 Å². The van der Waals surface area contributed by atoms with Crippen LogP contribution < -0.4 is 19.1 Å². The Morgan fingerprint density at radius 2 is 1.83 bits per heavy atom. The number of carbonyl (C=O) groups is 1. The molecule has 2 aliphatic heterocycles. The van der Waals surface area contributed by atoms with Crippen LogP contribution in [0.4, 0.5) is 11.4 Å². The van der Waals surface area contributed by atoms with E-state index in [4.69, 9.17) is 9.47 Å². The molecule has 0 aromatic heterocycles. The Bertz CT molecular complexity index is 1050. The van der Waals surface area contributed by atoms with Crippen molar-refractivity contribution in [2.24, 2.45) is 5.92 Å². The van der Waals surface area contributed by atoms with Crippen LogP contribution in [0.3, 0.4) is 0 Å². The number of nitrogens with one attached hydrogen (secondary N) is 1. The Kier molecular flexibility index (Phi) is 5.12. The summed E-state index contributed by atoms with van der Waals surface area (Å²) in [7, 11) is -3.78. The highest BCUT2D eigenvalue weighted by molar-refractivity contribution is 7.92. The van der Waals surface area contributed by atoms with Gasteiger partial charge in [-0.15, -0.1) is 0 Å². The van der Waals surface area contributed by atoms with Crippen molar-refractivity contribution < 1.29 is 22.7 Å². The van der Waals surface area contributed by atoms with Gasteiger partial charge in [-0.05, 0) is 48.7 Å². The average molecular weight is 416 g/mol. The highest BCUT2D eigenvalue weighted by atomic mass is 32.2. The number of rotatable bonds is 4. The lowest BCUT2D eigenvalue weighted by Crippen LogP contribution is -2.38. The van der Waals surface area contributed by atoms with Gasteiger partial charge in [-0.1, -0.05) is 13.8 Å². The van der Waals surface area contributed by atoms with Crippen molar-refractivity contribution in [2.75, 3.05) is 29.4 Å². The summed E-state index contributed by atoms with van der Waals surface area (Å²) in [5.41, 5.74) is 2.29. The molecule has 0 radical (unpaired) electrons. The number of hydrogen-bond donors (Lipinski definition) is 1. The van der Waals surface area contributed by atoms with Crippen molar-refractivity contribution in [1.82, 2.24) is 0 Å². The van der Waals surface area contributed by atoms with E-state index in [0.29, 0.717) is 36.9 Å². The van der Waals surface area contributed by atoms with Crippen LogP contribution in [0.15, 0.2) is 41.3 Å². The Morgan fingerprint density at radius 3 is 2.59 bits per heavy atom. The van der Waals surface area contributed by atoms with E-state index in [1.165, 1.54) is 12.1 Å². The van der Waals surface area contributed by atoms with Crippen LogP contribution in [0.5, 0.6) is 11.5 Å². The van der Waals surface area contributed by atoms with Gasteiger partial charge in [-0.2, -0.15) is 0 Å². The zero-order valence-corrected chi connectivity index (χ0v) is 17.3. The molecule has 154 valence electrons. The van der Waals surface area contributed by atoms with Crippen molar-refractivity contribution in [3.63, 3.8) is 0 Å². The minimum Gasteiger partial charge on any atom is -0.486 e. The Labute approximate surface area is 170 Å². The number of benzene rings is 2. The maximum Gasteiger partial charge on any atom is 0.262 e. The second-order valence-corrected chi connectivity index (χ2v) is 9.18. The number of sulfonamides is 1. The third-order valence-electron chi connectivity index (χ3n) is 5.03. The number of aryl methyl sites for hydroxylation is 1. The molecule has 0 fully saturated rings. The third-order valence-corrected chi connectivity index (χ3v) is 6.41. The van der Waals surface area contributed by atoms with E-state index < -0.39 is 10.0 Å². The van der Waals surface area contributed by atoms with Crippen LogP contribution in [0.1, 0.15) is 25.8 Å². The van der Waals surface area contributed by atoms with Gasteiger partial charge in [0.25, 0.3) is 10.0 Å². The van der Waals surface area contributed by atoms with Crippen molar-refractivity contribution >= 4 is 27.3 Å². The van der Waals surface area contributed by atoms with E-state index >= 15 is 0 Å². The molecule has 1 N–H and O–H groups in total. The maximum absolute atomic E-state index is 12.8. The van der Waals surface area contributed by atoms with Gasteiger partial charge in [0.15, 0.2) is 11.5 Å². The van der Waals surface area contributed by atoms with E-state index in [1.54, 1.807) is 17.0 Å². The molecule has 2 aromatic carbocycles. The Balaban J connectivity index is 1.59. The van der Waals surface area contributed by atoms with Crippen LogP contribution in [0, 0.1) is 5.92 Å². The second kappa shape index (κ2) is 7.59. The minimum atomic E-state index is -3.78. The lowest BCUT2D eigenvalue weighted by atomic mass is 9.99. The van der Waals surface area contributed by atoms with Gasteiger partial charge in [0.1, 0.15) is 13.2 Å². The predicted octanol–water partition coefficient (Wildman–Crippen LogP) is 3.19. The molecule has 29 heavy (non-hydrogen) atoms. The van der Waals surface area contributed by atoms with Crippen LogP contribution >= 0.6 is 0 Å². The van der Waals surface area contributed by atoms with E-state index in [9.17, 15) is 13.2 Å². The van der Waals surface area contributed by atoms with E-state index in [-0.39, 0.29) is 16.7 Å². The molecule has 0 saturated heterocycles. The van der Waals surface area contributed by atoms with Gasteiger partial charge in [-0.25, -0.2) is 8.42 Å². The van der Waals surface area contributed by atoms with Gasteiger partial charge in [0.2, 0.25) is 5.91 Å². The molecule has 0 aliphatic carbocycles. The van der Waals surface area contributed by atoms with Crippen LogP contribution in [-0.4, -0.2) is 34.1 Å². The first kappa shape index (κ1) is 19.6. The molecule has 0 unspecified atom stereocenters. The number of ether oxygens (including phenoxy) is 2. The smallest absolute Gasteiger partial charge is 0.262 e. The molecule has 0 atom stereocenters. The lowest BCUT2D eigenvalue weighted by Gasteiger charge is -2.31. The fraction of sp³-hybridized carbons (Fsp3) is 0.381. The normalized spacial score (nSPS) is 15.8. The molecule has 7 nitrogen and oxygen atoms in total. The lowest BCUT2D eigenvalue weighted by molar-refractivity contribution is -0.121. The summed E-state index contributed by atoms with van der Waals surface area (Å²) < 4.78 is 39.2. The first-order valence-corrected chi connectivity index (χ1v) is 11.2. The Morgan fingerprint density at radius 1 is 1.07 bits per heavy atom. The molecule has 2 heterocycles. The van der Waals surface area contributed by atoms with Crippen molar-refractivity contribution in [3.8, 4) is 11.5 Å². The summed E-state index contributed by atoms with van der Waals surface area (Å²) in [5, 5.41) is 0. The zero-order valence-electron chi connectivity index (χ0n) is 16.5. The average Bonchev–Trinajstić information content (AvgIpc) is 2.72. The van der Waals surface area contributed by atoms with E-state index in [1.807, 2.05) is 26.0 Å². The molecular formula is C21H24N2O5S. The number of nitrogens with zero attached hydrogens (tertiary/aromatic N) is 1. The summed E-state index contributed by atoms with van der Waals surface area (Å²) >= 11 is 0. The van der Waals surface area contributed by atoms with Crippen molar-refractivity contribution in [3.05, 3.63) is 42.0 Å². The first-order valence-electron chi connectivity index (χ1n) is 9.72. The summed E-state index contributed by atoms with van der Waals surface area (Å²) in [6.07, 6.45) is 1.65. The number of fused-ring (bicyclic) bond motifs is 2. The van der Waals surface area contributed by atoms with Crippen LogP contribution in [0.25, 0.3) is 0 Å². The molecule has 8 heteroatoms. The van der Waals surface area contributed by atoms with Gasteiger partial charge in [0, 0.05) is 29.9 Å². The van der Waals surface area contributed by atoms with Crippen LogP contribution in [0.2, 0.25) is 0 Å². The molecule has 2 aromatic rings. The Hall–Kier alpha value is -2.74. The highest BCUT2D eigenvalue weighted by Crippen LogP contribution is 2.34. The second-order valence-electron chi connectivity index (χ2n) is 7.50.